The lowest BCUT2D eigenvalue weighted by molar-refractivity contribution is -0.0461. The third kappa shape index (κ3) is 3.61. The van der Waals surface area contributed by atoms with E-state index in [-0.39, 0.29) is 17.8 Å². The Morgan fingerprint density at radius 2 is 2.20 bits per heavy atom. The number of halogens is 1. The molecule has 2 atom stereocenters. The highest BCUT2D eigenvalue weighted by Gasteiger charge is 2.32. The van der Waals surface area contributed by atoms with Gasteiger partial charge < -0.3 is 10.1 Å². The molecule has 0 aliphatic carbocycles. The smallest absolute Gasteiger partial charge is 0.261 e. The summed E-state index contributed by atoms with van der Waals surface area (Å²) in [4.78, 5) is 16.2. The molecule has 2 saturated heterocycles. The minimum atomic E-state index is -0.271. The topological polar surface area (TPSA) is 41.6 Å². The minimum absolute atomic E-state index is 0.0456. The molecule has 0 radical (unpaired) electrons. The molecule has 4 rings (SSSR count). The molecule has 0 unspecified atom stereocenters. The summed E-state index contributed by atoms with van der Waals surface area (Å²) in [6.07, 6.45) is 2.50. The molecule has 2 aliphatic heterocycles. The fraction of sp³-hybridized carbons (Fsp3) is 0.421. The lowest BCUT2D eigenvalue weighted by atomic mass is 10.2. The molecule has 4 nitrogen and oxygen atoms in total. The maximum atomic E-state index is 13.9. The fourth-order valence-electron chi connectivity index (χ4n) is 3.57. The number of carbonyl (C=O) groups is 1. The number of fused-ring (bicyclic) bond motifs is 1. The summed E-state index contributed by atoms with van der Waals surface area (Å²) in [5.41, 5.74) is 0.530. The van der Waals surface area contributed by atoms with Gasteiger partial charge in [0.2, 0.25) is 0 Å². The number of thiophene rings is 1. The molecule has 1 N–H and O–H groups in total. The van der Waals surface area contributed by atoms with Crippen molar-refractivity contribution in [3.63, 3.8) is 0 Å². The lowest BCUT2D eigenvalue weighted by Crippen LogP contribution is -2.50. The zero-order valence-electron chi connectivity index (χ0n) is 13.9. The number of nitrogens with one attached hydrogen (secondary N) is 1. The average Bonchev–Trinajstić information content (AvgIpc) is 3.29. The predicted molar refractivity (Wildman–Crippen MR) is 96.4 cm³/mol. The second-order valence-electron chi connectivity index (χ2n) is 6.60. The van der Waals surface area contributed by atoms with Gasteiger partial charge in [0, 0.05) is 29.6 Å². The summed E-state index contributed by atoms with van der Waals surface area (Å²) in [6.45, 7) is 3.29. The van der Waals surface area contributed by atoms with Gasteiger partial charge in [0.15, 0.2) is 0 Å². The van der Waals surface area contributed by atoms with Crippen LogP contribution >= 0.6 is 11.3 Å². The Hall–Kier alpha value is -1.76. The van der Waals surface area contributed by atoms with Gasteiger partial charge in [-0.05, 0) is 37.6 Å². The van der Waals surface area contributed by atoms with Crippen LogP contribution in [0.5, 0.6) is 0 Å². The van der Waals surface area contributed by atoms with Crippen molar-refractivity contribution in [1.82, 2.24) is 10.2 Å². The van der Waals surface area contributed by atoms with Crippen molar-refractivity contribution in [1.29, 1.82) is 0 Å². The van der Waals surface area contributed by atoms with Crippen molar-refractivity contribution >= 4 is 17.2 Å². The van der Waals surface area contributed by atoms with Crippen molar-refractivity contribution in [2.24, 2.45) is 0 Å². The summed E-state index contributed by atoms with van der Waals surface area (Å²) >= 11 is 1.31. The Labute approximate surface area is 150 Å². The van der Waals surface area contributed by atoms with Crippen LogP contribution in [0.2, 0.25) is 0 Å². The quantitative estimate of drug-likeness (QED) is 0.911. The zero-order valence-corrected chi connectivity index (χ0v) is 14.7. The van der Waals surface area contributed by atoms with E-state index >= 15 is 0 Å². The molecule has 2 aromatic rings. The number of nitrogens with zero attached hydrogens (tertiary/aromatic N) is 1. The molecule has 0 bridgehead atoms. The van der Waals surface area contributed by atoms with E-state index < -0.39 is 0 Å². The molecule has 0 saturated carbocycles. The van der Waals surface area contributed by atoms with E-state index in [0.29, 0.717) is 23.0 Å². The SMILES string of the molecule is O=C(NC[C@H]1CN2CCC[C@@H]2CO1)c1ccc(-c2ccccc2F)s1. The summed E-state index contributed by atoms with van der Waals surface area (Å²) in [5.74, 6) is -0.396. The maximum Gasteiger partial charge on any atom is 0.261 e. The van der Waals surface area contributed by atoms with E-state index in [1.807, 2.05) is 0 Å². The van der Waals surface area contributed by atoms with Crippen LogP contribution in [-0.4, -0.2) is 49.2 Å². The zero-order chi connectivity index (χ0) is 17.2. The highest BCUT2D eigenvalue weighted by atomic mass is 32.1. The van der Waals surface area contributed by atoms with E-state index in [2.05, 4.69) is 10.2 Å². The van der Waals surface area contributed by atoms with Crippen molar-refractivity contribution in [3.8, 4) is 10.4 Å². The highest BCUT2D eigenvalue weighted by molar-refractivity contribution is 7.17. The summed E-state index contributed by atoms with van der Waals surface area (Å²) in [5, 5.41) is 2.95. The number of ether oxygens (including phenoxy) is 1. The van der Waals surface area contributed by atoms with E-state index in [4.69, 9.17) is 4.74 Å². The van der Waals surface area contributed by atoms with Crippen molar-refractivity contribution in [3.05, 3.63) is 47.1 Å². The molecule has 2 fully saturated rings. The van der Waals surface area contributed by atoms with Gasteiger partial charge in [-0.25, -0.2) is 4.39 Å². The first-order valence-corrected chi connectivity index (χ1v) is 9.51. The van der Waals surface area contributed by atoms with E-state index in [9.17, 15) is 9.18 Å². The van der Waals surface area contributed by atoms with Crippen LogP contribution in [0.4, 0.5) is 4.39 Å². The minimum Gasteiger partial charge on any atom is -0.373 e. The molecule has 25 heavy (non-hydrogen) atoms. The van der Waals surface area contributed by atoms with Crippen LogP contribution in [0.25, 0.3) is 10.4 Å². The average molecular weight is 360 g/mol. The first-order chi connectivity index (χ1) is 12.2. The van der Waals surface area contributed by atoms with E-state index in [1.165, 1.54) is 30.2 Å². The van der Waals surface area contributed by atoms with Crippen molar-refractivity contribution < 1.29 is 13.9 Å². The fourth-order valence-corrected chi connectivity index (χ4v) is 4.52. The summed E-state index contributed by atoms with van der Waals surface area (Å²) in [6, 6.07) is 10.7. The largest absolute Gasteiger partial charge is 0.373 e. The molecule has 3 heterocycles. The first-order valence-electron chi connectivity index (χ1n) is 8.69. The molecule has 6 heteroatoms. The predicted octanol–water partition coefficient (Wildman–Crippen LogP) is 3.15. The third-order valence-electron chi connectivity index (χ3n) is 4.92. The third-order valence-corrected chi connectivity index (χ3v) is 6.04. The first kappa shape index (κ1) is 16.7. The molecule has 0 spiro atoms. The number of benzene rings is 1. The van der Waals surface area contributed by atoms with Gasteiger partial charge in [0.05, 0.1) is 17.6 Å². The Morgan fingerprint density at radius 1 is 1.32 bits per heavy atom. The number of carbonyl (C=O) groups excluding carboxylic acids is 1. The maximum absolute atomic E-state index is 13.9. The molecule has 1 aromatic carbocycles. The summed E-state index contributed by atoms with van der Waals surface area (Å²) < 4.78 is 19.7. The van der Waals surface area contributed by atoms with Crippen LogP contribution in [0.15, 0.2) is 36.4 Å². The Morgan fingerprint density at radius 3 is 3.08 bits per heavy atom. The van der Waals surface area contributed by atoms with Gasteiger partial charge in [0.1, 0.15) is 5.82 Å². The van der Waals surface area contributed by atoms with Gasteiger partial charge in [-0.1, -0.05) is 18.2 Å². The standard InChI is InChI=1S/C19H21FN2O2S/c20-16-6-2-1-5-15(16)17-7-8-18(25-17)19(23)21-10-14-11-22-9-3-4-13(22)12-24-14/h1-2,5-8,13-14H,3-4,9-12H2,(H,21,23)/t13-,14+/m1/s1. The van der Waals surface area contributed by atoms with Gasteiger partial charge in [0.25, 0.3) is 5.91 Å². The second-order valence-corrected chi connectivity index (χ2v) is 7.68. The van der Waals surface area contributed by atoms with Gasteiger partial charge >= 0.3 is 0 Å². The monoisotopic (exact) mass is 360 g/mol. The van der Waals surface area contributed by atoms with Crippen LogP contribution in [0.1, 0.15) is 22.5 Å². The van der Waals surface area contributed by atoms with Crippen molar-refractivity contribution in [2.75, 3.05) is 26.2 Å². The molecule has 2 aliphatic rings. The second kappa shape index (κ2) is 7.23. The van der Waals surface area contributed by atoms with Gasteiger partial charge in [-0.15, -0.1) is 11.3 Å². The highest BCUT2D eigenvalue weighted by Crippen LogP contribution is 2.30. The number of morpholine rings is 1. The number of rotatable bonds is 4. The van der Waals surface area contributed by atoms with Crippen LogP contribution in [0.3, 0.4) is 0 Å². The van der Waals surface area contributed by atoms with E-state index in [1.54, 1.807) is 30.3 Å². The molecule has 1 aromatic heterocycles. The Bertz CT molecular complexity index is 763. The Kier molecular flexibility index (Phi) is 4.83. The molecular weight excluding hydrogens is 339 g/mol. The van der Waals surface area contributed by atoms with E-state index in [0.717, 1.165) is 24.6 Å². The lowest BCUT2D eigenvalue weighted by Gasteiger charge is -2.35. The van der Waals surface area contributed by atoms with Gasteiger partial charge in [-0.2, -0.15) is 0 Å². The number of amides is 1. The van der Waals surface area contributed by atoms with Crippen molar-refractivity contribution in [2.45, 2.75) is 25.0 Å². The normalized spacial score (nSPS) is 23.4. The van der Waals surface area contributed by atoms with Crippen LogP contribution in [-0.2, 0) is 4.74 Å². The van der Waals surface area contributed by atoms with Crippen LogP contribution in [0, 0.1) is 5.82 Å². The summed E-state index contributed by atoms with van der Waals surface area (Å²) in [7, 11) is 0. The van der Waals surface area contributed by atoms with Gasteiger partial charge in [-0.3, -0.25) is 9.69 Å². The Balaban J connectivity index is 1.35. The van der Waals surface area contributed by atoms with Crippen LogP contribution < -0.4 is 5.32 Å². The number of hydrogen-bond acceptors (Lipinski definition) is 4. The molecular formula is C19H21FN2O2S. The molecule has 1 amide bonds. The number of hydrogen-bond donors (Lipinski definition) is 1. The molecule has 132 valence electrons.